The molecule has 0 fully saturated rings. The third-order valence-corrected chi connectivity index (χ3v) is 3.24. The Morgan fingerprint density at radius 3 is 2.60 bits per heavy atom. The van der Waals surface area contributed by atoms with E-state index in [1.807, 2.05) is 24.3 Å². The fourth-order valence-electron chi connectivity index (χ4n) is 2.13. The number of ether oxygens (including phenoxy) is 1. The van der Waals surface area contributed by atoms with Crippen LogP contribution < -0.4 is 10.1 Å². The van der Waals surface area contributed by atoms with Gasteiger partial charge in [0.25, 0.3) is 0 Å². The fraction of sp³-hybridized carbons (Fsp3) is 0.333. The molecule has 2 rings (SSSR count). The fourth-order valence-corrected chi connectivity index (χ4v) is 2.13. The molecule has 0 aliphatic heterocycles. The number of rotatable bonds is 7. The van der Waals surface area contributed by atoms with Crippen LogP contribution in [-0.4, -0.2) is 6.54 Å². The molecule has 2 heteroatoms. The number of hydrogen-bond acceptors (Lipinski definition) is 2. The molecule has 2 aromatic rings. The van der Waals surface area contributed by atoms with E-state index < -0.39 is 0 Å². The standard InChI is InChI=1S/C18H23NO/c1-3-12-19-14-16-8-7-11-18(13-16)20-15(2)17-9-5-4-6-10-17/h4-11,13,15,19H,3,12,14H2,1-2H3. The van der Waals surface area contributed by atoms with Gasteiger partial charge >= 0.3 is 0 Å². The Morgan fingerprint density at radius 2 is 1.85 bits per heavy atom. The molecule has 0 aromatic heterocycles. The van der Waals surface area contributed by atoms with Crippen LogP contribution in [0.2, 0.25) is 0 Å². The molecule has 106 valence electrons. The van der Waals surface area contributed by atoms with E-state index in [0.717, 1.165) is 25.3 Å². The molecule has 1 N–H and O–H groups in total. The molecule has 1 atom stereocenters. The van der Waals surface area contributed by atoms with Gasteiger partial charge in [-0.25, -0.2) is 0 Å². The lowest BCUT2D eigenvalue weighted by Crippen LogP contribution is -2.13. The Hall–Kier alpha value is -1.80. The molecule has 0 heterocycles. The van der Waals surface area contributed by atoms with Gasteiger partial charge in [0, 0.05) is 6.54 Å². The number of nitrogens with one attached hydrogen (secondary N) is 1. The van der Waals surface area contributed by atoms with Gasteiger partial charge in [0.15, 0.2) is 0 Å². The molecule has 0 saturated heterocycles. The maximum atomic E-state index is 6.02. The van der Waals surface area contributed by atoms with E-state index in [9.17, 15) is 0 Å². The van der Waals surface area contributed by atoms with Gasteiger partial charge in [-0.1, -0.05) is 49.4 Å². The van der Waals surface area contributed by atoms with Gasteiger partial charge in [-0.15, -0.1) is 0 Å². The van der Waals surface area contributed by atoms with Crippen LogP contribution in [0.3, 0.4) is 0 Å². The van der Waals surface area contributed by atoms with Crippen molar-refractivity contribution in [2.24, 2.45) is 0 Å². The quantitative estimate of drug-likeness (QED) is 0.756. The molecule has 0 aliphatic carbocycles. The number of benzene rings is 2. The summed E-state index contributed by atoms with van der Waals surface area (Å²) in [4.78, 5) is 0. The van der Waals surface area contributed by atoms with E-state index in [1.54, 1.807) is 0 Å². The van der Waals surface area contributed by atoms with Crippen molar-refractivity contribution in [3.8, 4) is 5.75 Å². The first kappa shape index (κ1) is 14.6. The van der Waals surface area contributed by atoms with Gasteiger partial charge in [-0.2, -0.15) is 0 Å². The van der Waals surface area contributed by atoms with Gasteiger partial charge in [0.2, 0.25) is 0 Å². The Morgan fingerprint density at radius 1 is 1.05 bits per heavy atom. The zero-order chi connectivity index (χ0) is 14.2. The normalized spacial score (nSPS) is 12.1. The first-order valence-corrected chi connectivity index (χ1v) is 7.31. The molecule has 0 radical (unpaired) electrons. The van der Waals surface area contributed by atoms with Crippen molar-refractivity contribution in [1.82, 2.24) is 5.32 Å². The molecular weight excluding hydrogens is 246 g/mol. The van der Waals surface area contributed by atoms with Gasteiger partial charge in [-0.3, -0.25) is 0 Å². The largest absolute Gasteiger partial charge is 0.486 e. The molecule has 2 aromatic carbocycles. The Balaban J connectivity index is 1.97. The molecule has 0 aliphatic rings. The second-order valence-electron chi connectivity index (χ2n) is 4.99. The minimum atomic E-state index is 0.0649. The van der Waals surface area contributed by atoms with Gasteiger partial charge in [0.05, 0.1) is 0 Å². The first-order chi connectivity index (χ1) is 9.79. The topological polar surface area (TPSA) is 21.3 Å². The lowest BCUT2D eigenvalue weighted by atomic mass is 10.1. The van der Waals surface area contributed by atoms with E-state index in [2.05, 4.69) is 49.5 Å². The van der Waals surface area contributed by atoms with E-state index in [4.69, 9.17) is 4.74 Å². The van der Waals surface area contributed by atoms with Crippen LogP contribution in [-0.2, 0) is 6.54 Å². The zero-order valence-electron chi connectivity index (χ0n) is 12.3. The summed E-state index contributed by atoms with van der Waals surface area (Å²) < 4.78 is 6.02. The van der Waals surface area contributed by atoms with Crippen LogP contribution in [0.4, 0.5) is 0 Å². The van der Waals surface area contributed by atoms with Crippen LogP contribution in [0.25, 0.3) is 0 Å². The lowest BCUT2D eigenvalue weighted by Gasteiger charge is -2.15. The summed E-state index contributed by atoms with van der Waals surface area (Å²) in [6.07, 6.45) is 1.22. The maximum absolute atomic E-state index is 6.02. The van der Waals surface area contributed by atoms with Gasteiger partial charge in [-0.05, 0) is 43.1 Å². The highest BCUT2D eigenvalue weighted by molar-refractivity contribution is 5.29. The summed E-state index contributed by atoms with van der Waals surface area (Å²) in [6, 6.07) is 18.6. The van der Waals surface area contributed by atoms with Crippen molar-refractivity contribution >= 4 is 0 Å². The van der Waals surface area contributed by atoms with Gasteiger partial charge < -0.3 is 10.1 Å². The van der Waals surface area contributed by atoms with E-state index in [-0.39, 0.29) is 6.10 Å². The van der Waals surface area contributed by atoms with Crippen LogP contribution in [0.5, 0.6) is 5.75 Å². The van der Waals surface area contributed by atoms with Crippen LogP contribution >= 0.6 is 0 Å². The van der Waals surface area contributed by atoms with E-state index >= 15 is 0 Å². The van der Waals surface area contributed by atoms with Crippen molar-refractivity contribution in [1.29, 1.82) is 0 Å². The van der Waals surface area contributed by atoms with Gasteiger partial charge in [0.1, 0.15) is 11.9 Å². The highest BCUT2D eigenvalue weighted by Gasteiger charge is 2.06. The van der Waals surface area contributed by atoms with Crippen LogP contribution in [0, 0.1) is 0 Å². The minimum Gasteiger partial charge on any atom is -0.486 e. The first-order valence-electron chi connectivity index (χ1n) is 7.31. The molecule has 0 saturated carbocycles. The van der Waals surface area contributed by atoms with E-state index in [1.165, 1.54) is 11.1 Å². The van der Waals surface area contributed by atoms with Crippen LogP contribution in [0.1, 0.15) is 37.5 Å². The Labute approximate surface area is 121 Å². The summed E-state index contributed by atoms with van der Waals surface area (Å²) in [5, 5.41) is 3.41. The summed E-state index contributed by atoms with van der Waals surface area (Å²) in [7, 11) is 0. The SMILES string of the molecule is CCCNCc1cccc(OC(C)c2ccccc2)c1. The molecule has 0 spiro atoms. The number of hydrogen-bond donors (Lipinski definition) is 1. The highest BCUT2D eigenvalue weighted by atomic mass is 16.5. The predicted octanol–water partition coefficient (Wildman–Crippen LogP) is 4.33. The summed E-state index contributed by atoms with van der Waals surface area (Å²) >= 11 is 0. The Kier molecular flexibility index (Phi) is 5.63. The van der Waals surface area contributed by atoms with Crippen molar-refractivity contribution in [2.45, 2.75) is 32.9 Å². The van der Waals surface area contributed by atoms with Crippen LogP contribution in [0.15, 0.2) is 54.6 Å². The summed E-state index contributed by atoms with van der Waals surface area (Å²) in [5.74, 6) is 0.928. The predicted molar refractivity (Wildman–Crippen MR) is 83.9 cm³/mol. The molecule has 1 unspecified atom stereocenters. The Bertz CT molecular complexity index is 510. The van der Waals surface area contributed by atoms with Crippen molar-refractivity contribution in [3.63, 3.8) is 0 Å². The zero-order valence-corrected chi connectivity index (χ0v) is 12.3. The second kappa shape index (κ2) is 7.71. The van der Waals surface area contributed by atoms with Crippen molar-refractivity contribution in [2.75, 3.05) is 6.54 Å². The highest BCUT2D eigenvalue weighted by Crippen LogP contribution is 2.22. The van der Waals surface area contributed by atoms with Crippen molar-refractivity contribution < 1.29 is 4.74 Å². The van der Waals surface area contributed by atoms with E-state index in [0.29, 0.717) is 0 Å². The molecule has 2 nitrogen and oxygen atoms in total. The maximum Gasteiger partial charge on any atom is 0.121 e. The molecule has 20 heavy (non-hydrogen) atoms. The summed E-state index contributed by atoms with van der Waals surface area (Å²) in [6.45, 7) is 6.20. The molecule has 0 amide bonds. The second-order valence-corrected chi connectivity index (χ2v) is 4.99. The van der Waals surface area contributed by atoms with Crippen molar-refractivity contribution in [3.05, 3.63) is 65.7 Å². The third-order valence-electron chi connectivity index (χ3n) is 3.24. The molecule has 0 bridgehead atoms. The minimum absolute atomic E-state index is 0.0649. The summed E-state index contributed by atoms with van der Waals surface area (Å²) in [5.41, 5.74) is 2.46. The average Bonchev–Trinajstić information content (AvgIpc) is 2.49. The lowest BCUT2D eigenvalue weighted by molar-refractivity contribution is 0.226. The average molecular weight is 269 g/mol. The monoisotopic (exact) mass is 269 g/mol. The third kappa shape index (κ3) is 4.39. The molecular formula is C18H23NO. The smallest absolute Gasteiger partial charge is 0.121 e.